The van der Waals surface area contributed by atoms with Crippen LogP contribution in [0.25, 0.3) is 0 Å². The normalized spacial score (nSPS) is 29.8. The van der Waals surface area contributed by atoms with Crippen LogP contribution >= 0.6 is 0 Å². The van der Waals surface area contributed by atoms with Gasteiger partial charge in [-0.1, -0.05) is 39.0 Å². The molecule has 18 heavy (non-hydrogen) atoms. The third-order valence-corrected chi connectivity index (χ3v) is 4.52. The van der Waals surface area contributed by atoms with Crippen molar-refractivity contribution in [1.29, 1.82) is 0 Å². The van der Waals surface area contributed by atoms with E-state index in [1.807, 2.05) is 0 Å². The summed E-state index contributed by atoms with van der Waals surface area (Å²) in [6, 6.07) is 0. The van der Waals surface area contributed by atoms with Crippen LogP contribution in [-0.4, -0.2) is 29.4 Å². The average molecular weight is 251 g/mol. The molecule has 4 nitrogen and oxygen atoms in total. The van der Waals surface area contributed by atoms with Gasteiger partial charge in [0.1, 0.15) is 5.54 Å². The quantitative estimate of drug-likeness (QED) is 0.833. The first-order valence-corrected chi connectivity index (χ1v) is 7.25. The molecule has 0 aromatic carbocycles. The fourth-order valence-corrected chi connectivity index (χ4v) is 3.38. The second kappa shape index (κ2) is 5.29. The highest BCUT2D eigenvalue weighted by Gasteiger charge is 2.51. The molecule has 0 saturated heterocycles. The Bertz CT molecular complexity index is 347. The first-order chi connectivity index (χ1) is 8.62. The van der Waals surface area contributed by atoms with E-state index in [2.05, 4.69) is 11.9 Å². The monoisotopic (exact) mass is 251 g/mol. The highest BCUT2D eigenvalue weighted by atomic mass is 16.2. The number of guanidine groups is 1. The fourth-order valence-electron chi connectivity index (χ4n) is 3.38. The predicted molar refractivity (Wildman–Crippen MR) is 73.2 cm³/mol. The van der Waals surface area contributed by atoms with Crippen molar-refractivity contribution in [2.24, 2.45) is 16.6 Å². The molecule has 0 aromatic rings. The van der Waals surface area contributed by atoms with Crippen LogP contribution in [0.1, 0.15) is 58.3 Å². The van der Waals surface area contributed by atoms with Crippen molar-refractivity contribution in [3.63, 3.8) is 0 Å². The van der Waals surface area contributed by atoms with Gasteiger partial charge in [-0.05, 0) is 25.2 Å². The van der Waals surface area contributed by atoms with Crippen molar-refractivity contribution in [3.8, 4) is 0 Å². The second-order valence-electron chi connectivity index (χ2n) is 5.70. The summed E-state index contributed by atoms with van der Waals surface area (Å²) in [5, 5.41) is 0. The molecule has 1 fully saturated rings. The Morgan fingerprint density at radius 2 is 2.06 bits per heavy atom. The van der Waals surface area contributed by atoms with Crippen molar-refractivity contribution in [2.45, 2.75) is 63.8 Å². The molecular formula is C14H25N3O. The molecule has 1 saturated carbocycles. The number of rotatable bonds is 4. The van der Waals surface area contributed by atoms with E-state index in [1.54, 1.807) is 11.9 Å². The molecule has 1 aliphatic carbocycles. The van der Waals surface area contributed by atoms with Gasteiger partial charge in [-0.15, -0.1) is 0 Å². The van der Waals surface area contributed by atoms with Crippen LogP contribution in [0.4, 0.5) is 0 Å². The molecule has 4 heteroatoms. The summed E-state index contributed by atoms with van der Waals surface area (Å²) in [7, 11) is 1.75. The molecule has 102 valence electrons. The highest BCUT2D eigenvalue weighted by molar-refractivity contribution is 6.06. The molecule has 1 unspecified atom stereocenters. The van der Waals surface area contributed by atoms with Crippen molar-refractivity contribution in [1.82, 2.24) is 4.90 Å². The van der Waals surface area contributed by atoms with Gasteiger partial charge < -0.3 is 5.73 Å². The maximum atomic E-state index is 12.6. The van der Waals surface area contributed by atoms with Gasteiger partial charge in [-0.25, -0.2) is 4.99 Å². The molecule has 2 rings (SSSR count). The molecule has 1 heterocycles. The maximum absolute atomic E-state index is 12.6. The van der Waals surface area contributed by atoms with Crippen molar-refractivity contribution in [3.05, 3.63) is 0 Å². The lowest BCUT2D eigenvalue weighted by atomic mass is 9.72. The molecule has 2 aliphatic rings. The molecule has 0 aromatic heterocycles. The Morgan fingerprint density at radius 3 is 2.56 bits per heavy atom. The molecule has 2 N–H and O–H groups in total. The predicted octanol–water partition coefficient (Wildman–Crippen LogP) is 2.28. The first-order valence-electron chi connectivity index (χ1n) is 7.25. The Labute approximate surface area is 110 Å². The van der Waals surface area contributed by atoms with Gasteiger partial charge in [-0.2, -0.15) is 0 Å². The largest absolute Gasteiger partial charge is 0.369 e. The van der Waals surface area contributed by atoms with Crippen LogP contribution in [0.3, 0.4) is 0 Å². The number of nitrogens with zero attached hydrogens (tertiary/aromatic N) is 2. The van der Waals surface area contributed by atoms with Gasteiger partial charge in [0.05, 0.1) is 0 Å². The van der Waals surface area contributed by atoms with E-state index in [4.69, 9.17) is 5.73 Å². The van der Waals surface area contributed by atoms with E-state index in [0.29, 0.717) is 11.9 Å². The molecule has 0 spiro atoms. The van der Waals surface area contributed by atoms with E-state index in [0.717, 1.165) is 32.1 Å². The van der Waals surface area contributed by atoms with Gasteiger partial charge in [0.25, 0.3) is 5.91 Å². The molecule has 1 aliphatic heterocycles. The lowest BCUT2D eigenvalue weighted by molar-refractivity contribution is -0.133. The van der Waals surface area contributed by atoms with Crippen LogP contribution in [0, 0.1) is 5.92 Å². The number of carbonyl (C=O) groups excluding carboxylic acids is 1. The van der Waals surface area contributed by atoms with Gasteiger partial charge in [0, 0.05) is 7.05 Å². The summed E-state index contributed by atoms with van der Waals surface area (Å²) in [4.78, 5) is 18.7. The average Bonchev–Trinajstić information content (AvgIpc) is 2.63. The van der Waals surface area contributed by atoms with E-state index in [9.17, 15) is 4.79 Å². The number of aliphatic imine (C=N–C) groups is 1. The number of likely N-dealkylation sites (N-methyl/N-ethyl adjacent to an activating group) is 1. The van der Waals surface area contributed by atoms with Crippen LogP contribution in [0.2, 0.25) is 0 Å². The smallest absolute Gasteiger partial charge is 0.257 e. The molecule has 1 atom stereocenters. The Morgan fingerprint density at radius 1 is 1.39 bits per heavy atom. The van der Waals surface area contributed by atoms with E-state index in [1.165, 1.54) is 19.3 Å². The number of unbranched alkanes of at least 4 members (excludes halogenated alkanes) is 1. The topological polar surface area (TPSA) is 58.7 Å². The van der Waals surface area contributed by atoms with Gasteiger partial charge in [0.2, 0.25) is 0 Å². The lowest BCUT2D eigenvalue weighted by Crippen LogP contribution is -2.47. The zero-order valence-electron chi connectivity index (χ0n) is 11.6. The number of amides is 1. The maximum Gasteiger partial charge on any atom is 0.257 e. The third kappa shape index (κ3) is 2.13. The number of hydrogen-bond acceptors (Lipinski definition) is 3. The van der Waals surface area contributed by atoms with E-state index >= 15 is 0 Å². The standard InChI is InChI=1S/C14H25N3O/c1-3-4-10-14(11-8-6-5-7-9-11)12(18)17(2)13(15)16-14/h11H,3-10H2,1-2H3,(H2,15,16). The summed E-state index contributed by atoms with van der Waals surface area (Å²) in [5.74, 6) is 0.927. The SMILES string of the molecule is CCCCC1(C2CCCCC2)N=C(N)N(C)C1=O. The number of hydrogen-bond donors (Lipinski definition) is 1. The van der Waals surface area contributed by atoms with Gasteiger partial charge in [0.15, 0.2) is 5.96 Å². The second-order valence-corrected chi connectivity index (χ2v) is 5.70. The van der Waals surface area contributed by atoms with E-state index in [-0.39, 0.29) is 5.91 Å². The van der Waals surface area contributed by atoms with Crippen molar-refractivity contribution in [2.75, 3.05) is 7.05 Å². The summed E-state index contributed by atoms with van der Waals surface area (Å²) in [5.41, 5.74) is 5.35. The summed E-state index contributed by atoms with van der Waals surface area (Å²) < 4.78 is 0. The van der Waals surface area contributed by atoms with Crippen LogP contribution < -0.4 is 5.73 Å². The molecular weight excluding hydrogens is 226 g/mol. The van der Waals surface area contributed by atoms with Gasteiger partial charge >= 0.3 is 0 Å². The van der Waals surface area contributed by atoms with Gasteiger partial charge in [-0.3, -0.25) is 9.69 Å². The van der Waals surface area contributed by atoms with Crippen LogP contribution in [0.5, 0.6) is 0 Å². The molecule has 0 bridgehead atoms. The molecule has 0 radical (unpaired) electrons. The number of carbonyl (C=O) groups is 1. The van der Waals surface area contributed by atoms with Crippen molar-refractivity contribution >= 4 is 11.9 Å². The highest BCUT2D eigenvalue weighted by Crippen LogP contribution is 2.41. The van der Waals surface area contributed by atoms with Crippen LogP contribution in [-0.2, 0) is 4.79 Å². The zero-order valence-corrected chi connectivity index (χ0v) is 11.6. The first kappa shape index (κ1) is 13.4. The lowest BCUT2D eigenvalue weighted by Gasteiger charge is -2.36. The molecule has 1 amide bonds. The minimum Gasteiger partial charge on any atom is -0.369 e. The summed E-state index contributed by atoms with van der Waals surface area (Å²) >= 11 is 0. The minimum atomic E-state index is -0.532. The zero-order chi connectivity index (χ0) is 13.2. The van der Waals surface area contributed by atoms with Crippen molar-refractivity contribution < 1.29 is 4.79 Å². The number of nitrogens with two attached hydrogens (primary N) is 1. The third-order valence-electron chi connectivity index (χ3n) is 4.52. The summed E-state index contributed by atoms with van der Waals surface area (Å²) in [6.45, 7) is 2.16. The Kier molecular flexibility index (Phi) is 3.93. The minimum absolute atomic E-state index is 0.125. The van der Waals surface area contributed by atoms with Crippen LogP contribution in [0.15, 0.2) is 4.99 Å². The van der Waals surface area contributed by atoms with E-state index < -0.39 is 5.54 Å². The fraction of sp³-hybridized carbons (Fsp3) is 0.857. The summed E-state index contributed by atoms with van der Waals surface area (Å²) in [6.07, 6.45) is 9.01. The Balaban J connectivity index is 2.25. The Hall–Kier alpha value is -1.06.